The lowest BCUT2D eigenvalue weighted by Gasteiger charge is -2.21. The molecule has 1 unspecified atom stereocenters. The summed E-state index contributed by atoms with van der Waals surface area (Å²) < 4.78 is 0. The summed E-state index contributed by atoms with van der Waals surface area (Å²) in [6.07, 6.45) is 8.74. The molecule has 8 heteroatoms. The molecule has 2 rings (SSSR count). The average molecular weight is 468 g/mol. The van der Waals surface area contributed by atoms with Crippen LogP contribution in [0.1, 0.15) is 99.0 Å². The molecule has 0 amide bonds. The summed E-state index contributed by atoms with van der Waals surface area (Å²) in [4.78, 5) is 42.8. The quantitative estimate of drug-likeness (QED) is 0.409. The molecule has 0 spiro atoms. The predicted molar refractivity (Wildman–Crippen MR) is 133 cm³/mol. The molecule has 0 saturated heterocycles. The Morgan fingerprint density at radius 3 is 2.15 bits per heavy atom. The van der Waals surface area contributed by atoms with Gasteiger partial charge in [-0.2, -0.15) is 0 Å². The van der Waals surface area contributed by atoms with Crippen LogP contribution >= 0.6 is 0 Å². The molecule has 0 aliphatic heterocycles. The normalized spacial score (nSPS) is 13.3. The van der Waals surface area contributed by atoms with Crippen molar-refractivity contribution in [2.24, 2.45) is 10.8 Å². The molecular weight excluding hydrogens is 430 g/mol. The third-order valence-electron chi connectivity index (χ3n) is 5.28. The number of Topliss-reactive ketones (excluding diaryl/α,β-unsaturated/α-hetero) is 2. The Morgan fingerprint density at radius 2 is 1.59 bits per heavy atom. The van der Waals surface area contributed by atoms with E-state index in [1.165, 1.54) is 0 Å². The van der Waals surface area contributed by atoms with Crippen LogP contribution in [0.3, 0.4) is 0 Å². The van der Waals surface area contributed by atoms with E-state index in [-0.39, 0.29) is 28.8 Å². The van der Waals surface area contributed by atoms with Crippen LogP contribution in [0.2, 0.25) is 0 Å². The standard InChI is InChI=1S/C26H37N5O3/c1-16-28-14-17(15-29-16)12-13-18(32)10-8-9-11-19-20(27)21(22(33)25(2,3)4)31-24(30-19)23(34)26(5,6)7/h12-15,18,32H,8-11,27H2,1-7H3. The van der Waals surface area contributed by atoms with Gasteiger partial charge in [0.15, 0.2) is 11.6 Å². The van der Waals surface area contributed by atoms with Gasteiger partial charge in [0.05, 0.1) is 17.5 Å². The number of hydrogen-bond donors (Lipinski definition) is 2. The summed E-state index contributed by atoms with van der Waals surface area (Å²) in [7, 11) is 0. The van der Waals surface area contributed by atoms with E-state index in [9.17, 15) is 14.7 Å². The number of anilines is 1. The average Bonchev–Trinajstić information content (AvgIpc) is 2.75. The number of hydrogen-bond acceptors (Lipinski definition) is 8. The first-order valence-corrected chi connectivity index (χ1v) is 11.6. The van der Waals surface area contributed by atoms with Crippen molar-refractivity contribution >= 4 is 23.3 Å². The van der Waals surface area contributed by atoms with Crippen molar-refractivity contribution in [2.45, 2.75) is 80.3 Å². The number of ketones is 2. The molecule has 184 valence electrons. The maximum atomic E-state index is 13.0. The SMILES string of the molecule is Cc1ncc(C=CC(O)CCCCc2nc(C(=O)C(C)(C)C)nc(C(=O)C(C)(C)C)c2N)cn1. The molecule has 2 aromatic rings. The van der Waals surface area contributed by atoms with Gasteiger partial charge < -0.3 is 10.8 Å². The van der Waals surface area contributed by atoms with Crippen LogP contribution < -0.4 is 5.73 Å². The Hall–Kier alpha value is -3.00. The number of aryl methyl sites for hydroxylation is 2. The first-order valence-electron chi connectivity index (χ1n) is 11.6. The van der Waals surface area contributed by atoms with E-state index >= 15 is 0 Å². The van der Waals surface area contributed by atoms with Crippen molar-refractivity contribution in [1.82, 2.24) is 19.9 Å². The van der Waals surface area contributed by atoms with Crippen molar-refractivity contribution in [2.75, 3.05) is 5.73 Å². The van der Waals surface area contributed by atoms with Crippen LogP contribution in [0.25, 0.3) is 6.08 Å². The topological polar surface area (TPSA) is 132 Å². The summed E-state index contributed by atoms with van der Waals surface area (Å²) in [5.41, 5.74) is 6.57. The van der Waals surface area contributed by atoms with Crippen molar-refractivity contribution in [1.29, 1.82) is 0 Å². The fourth-order valence-corrected chi connectivity index (χ4v) is 3.12. The molecule has 8 nitrogen and oxygen atoms in total. The second-order valence-electron chi connectivity index (χ2n) is 10.7. The van der Waals surface area contributed by atoms with E-state index in [1.54, 1.807) is 66.1 Å². The van der Waals surface area contributed by atoms with E-state index in [4.69, 9.17) is 5.73 Å². The summed E-state index contributed by atoms with van der Waals surface area (Å²) in [6, 6.07) is 0. The Balaban J connectivity index is 2.12. The number of unbranched alkanes of at least 4 members (excludes halogenated alkanes) is 1. The van der Waals surface area contributed by atoms with E-state index in [1.807, 2.05) is 6.92 Å². The Bertz CT molecular complexity index is 1050. The highest BCUT2D eigenvalue weighted by Gasteiger charge is 2.31. The highest BCUT2D eigenvalue weighted by atomic mass is 16.3. The molecule has 3 N–H and O–H groups in total. The Morgan fingerprint density at radius 1 is 1.00 bits per heavy atom. The zero-order chi connectivity index (χ0) is 25.7. The molecule has 34 heavy (non-hydrogen) atoms. The number of carbonyl (C=O) groups is 2. The number of nitrogen functional groups attached to an aromatic ring is 1. The zero-order valence-corrected chi connectivity index (χ0v) is 21.3. The largest absolute Gasteiger partial charge is 0.395 e. The third kappa shape index (κ3) is 7.52. The van der Waals surface area contributed by atoms with Gasteiger partial charge in [0, 0.05) is 28.8 Å². The lowest BCUT2D eigenvalue weighted by atomic mass is 9.87. The number of aliphatic hydroxyl groups is 1. The van der Waals surface area contributed by atoms with E-state index < -0.39 is 16.9 Å². The molecule has 0 aliphatic carbocycles. The number of aromatic nitrogens is 4. The number of aliphatic hydroxyl groups excluding tert-OH is 1. The van der Waals surface area contributed by atoms with Gasteiger partial charge in [0.25, 0.3) is 0 Å². The molecule has 0 aromatic carbocycles. The highest BCUT2D eigenvalue weighted by Crippen LogP contribution is 2.27. The molecule has 1 atom stereocenters. The molecule has 2 aromatic heterocycles. The van der Waals surface area contributed by atoms with Gasteiger partial charge in [0.1, 0.15) is 11.5 Å². The minimum atomic E-state index is -0.694. The molecular formula is C26H37N5O3. The van der Waals surface area contributed by atoms with Crippen LogP contribution in [0, 0.1) is 17.8 Å². The van der Waals surface area contributed by atoms with Crippen LogP contribution in [0.4, 0.5) is 5.69 Å². The lowest BCUT2D eigenvalue weighted by Crippen LogP contribution is -2.28. The van der Waals surface area contributed by atoms with Crippen molar-refractivity contribution in [3.05, 3.63) is 47.1 Å². The molecule has 2 heterocycles. The number of carbonyl (C=O) groups excluding carboxylic acids is 2. The summed E-state index contributed by atoms with van der Waals surface area (Å²) in [5.74, 6) is 0.253. The minimum absolute atomic E-state index is 0.0209. The summed E-state index contributed by atoms with van der Waals surface area (Å²) >= 11 is 0. The maximum absolute atomic E-state index is 13.0. The summed E-state index contributed by atoms with van der Waals surface area (Å²) in [5, 5.41) is 10.3. The molecule has 0 radical (unpaired) electrons. The van der Waals surface area contributed by atoms with Crippen LogP contribution in [-0.4, -0.2) is 42.7 Å². The van der Waals surface area contributed by atoms with Crippen LogP contribution in [-0.2, 0) is 6.42 Å². The van der Waals surface area contributed by atoms with E-state index in [2.05, 4.69) is 19.9 Å². The third-order valence-corrected chi connectivity index (χ3v) is 5.28. The summed E-state index contributed by atoms with van der Waals surface area (Å²) in [6.45, 7) is 12.6. The van der Waals surface area contributed by atoms with Crippen molar-refractivity contribution < 1.29 is 14.7 Å². The van der Waals surface area contributed by atoms with Gasteiger partial charge in [-0.1, -0.05) is 60.1 Å². The second-order valence-corrected chi connectivity index (χ2v) is 10.7. The van der Waals surface area contributed by atoms with Gasteiger partial charge in [0.2, 0.25) is 5.78 Å². The smallest absolute Gasteiger partial charge is 0.205 e. The minimum Gasteiger partial charge on any atom is -0.395 e. The maximum Gasteiger partial charge on any atom is 0.205 e. The predicted octanol–water partition coefficient (Wildman–Crippen LogP) is 4.40. The fourth-order valence-electron chi connectivity index (χ4n) is 3.12. The molecule has 0 bridgehead atoms. The molecule has 0 fully saturated rings. The van der Waals surface area contributed by atoms with Crippen molar-refractivity contribution in [3.63, 3.8) is 0 Å². The van der Waals surface area contributed by atoms with E-state index in [0.717, 1.165) is 5.56 Å². The fraction of sp³-hybridized carbons (Fsp3) is 0.538. The first-order chi connectivity index (χ1) is 15.7. The van der Waals surface area contributed by atoms with Crippen LogP contribution in [0.5, 0.6) is 0 Å². The highest BCUT2D eigenvalue weighted by molar-refractivity contribution is 6.04. The number of nitrogens with two attached hydrogens (primary N) is 1. The Kier molecular flexibility index (Phi) is 8.78. The van der Waals surface area contributed by atoms with Gasteiger partial charge in [-0.15, -0.1) is 0 Å². The monoisotopic (exact) mass is 467 g/mol. The first kappa shape index (κ1) is 27.2. The van der Waals surface area contributed by atoms with Gasteiger partial charge >= 0.3 is 0 Å². The zero-order valence-electron chi connectivity index (χ0n) is 21.3. The Labute approximate surface area is 202 Å². The van der Waals surface area contributed by atoms with Gasteiger partial charge in [-0.3, -0.25) is 9.59 Å². The number of nitrogens with zero attached hydrogens (tertiary/aromatic N) is 4. The van der Waals surface area contributed by atoms with Crippen molar-refractivity contribution in [3.8, 4) is 0 Å². The van der Waals surface area contributed by atoms with Gasteiger partial charge in [-0.05, 0) is 26.2 Å². The van der Waals surface area contributed by atoms with E-state index in [0.29, 0.717) is 37.2 Å². The van der Waals surface area contributed by atoms with Gasteiger partial charge in [-0.25, -0.2) is 19.9 Å². The van der Waals surface area contributed by atoms with Crippen LogP contribution in [0.15, 0.2) is 18.5 Å². The lowest BCUT2D eigenvalue weighted by molar-refractivity contribution is 0.0840. The molecule has 0 aliphatic rings. The number of rotatable bonds is 9. The molecule has 0 saturated carbocycles. The second kappa shape index (κ2) is 11.0.